The van der Waals surface area contributed by atoms with E-state index in [-0.39, 0.29) is 10.3 Å². The molecule has 29 heavy (non-hydrogen) atoms. The van der Waals surface area contributed by atoms with Gasteiger partial charge in [0, 0.05) is 24.2 Å². The molecule has 2 rings (SSSR count). The maximum Gasteiger partial charge on any atom is 0.269 e. The summed E-state index contributed by atoms with van der Waals surface area (Å²) >= 11 is 0. The Morgan fingerprint density at radius 3 is 2.07 bits per heavy atom. The fourth-order valence-electron chi connectivity index (χ4n) is 4.03. The monoisotopic (exact) mass is 424 g/mol. The summed E-state index contributed by atoms with van der Waals surface area (Å²) in [6.45, 7) is 11.7. The molecule has 1 aromatic carbocycles. The number of ether oxygens (including phenoxy) is 2. The Hall–Kier alpha value is -2.22. The lowest BCUT2D eigenvalue weighted by atomic mass is 9.82. The van der Waals surface area contributed by atoms with Crippen LogP contribution >= 0.6 is 0 Å². The summed E-state index contributed by atoms with van der Waals surface area (Å²) in [5.41, 5.74) is 0.820. The molecule has 0 radical (unpaired) electrons. The standard InChI is InChI=1S/C21H32N2O5S/c1-13-14-10-16(27-8)17(28-9)11-15(14)23(7)29(25,26)18(13)19(24)22-21(5,6)12-20(2,3)4/h10-11H,12H2,1-9H3,(H,22,24). The molecule has 1 aliphatic heterocycles. The highest BCUT2D eigenvalue weighted by atomic mass is 32.2. The van der Waals surface area contributed by atoms with E-state index in [0.29, 0.717) is 34.7 Å². The fraction of sp³-hybridized carbons (Fsp3) is 0.571. The van der Waals surface area contributed by atoms with Crippen LogP contribution in [0.5, 0.6) is 11.5 Å². The highest BCUT2D eigenvalue weighted by Gasteiger charge is 2.40. The number of sulfonamides is 1. The third-order valence-electron chi connectivity index (χ3n) is 4.83. The second-order valence-electron chi connectivity index (χ2n) is 9.23. The normalized spacial score (nSPS) is 16.4. The summed E-state index contributed by atoms with van der Waals surface area (Å²) in [7, 11) is 0.406. The molecule has 1 N–H and O–H groups in total. The summed E-state index contributed by atoms with van der Waals surface area (Å²) in [6, 6.07) is 3.30. The number of carbonyl (C=O) groups excluding carboxylic acids is 1. The zero-order valence-corrected chi connectivity index (χ0v) is 19.6. The molecule has 0 spiro atoms. The molecule has 1 aliphatic rings. The number of rotatable bonds is 5. The molecule has 1 aromatic rings. The predicted molar refractivity (Wildman–Crippen MR) is 116 cm³/mol. The van der Waals surface area contributed by atoms with Crippen molar-refractivity contribution in [3.05, 3.63) is 22.6 Å². The van der Waals surface area contributed by atoms with Crippen molar-refractivity contribution in [2.45, 2.75) is 53.5 Å². The molecule has 162 valence electrons. The molecule has 0 unspecified atom stereocenters. The molecule has 0 bridgehead atoms. The Morgan fingerprint density at radius 1 is 1.07 bits per heavy atom. The van der Waals surface area contributed by atoms with Crippen molar-refractivity contribution in [1.82, 2.24) is 5.32 Å². The Balaban J connectivity index is 2.60. The van der Waals surface area contributed by atoms with Gasteiger partial charge in [-0.05, 0) is 44.2 Å². The van der Waals surface area contributed by atoms with Crippen molar-refractivity contribution in [2.75, 3.05) is 25.6 Å². The van der Waals surface area contributed by atoms with Gasteiger partial charge in [-0.15, -0.1) is 0 Å². The van der Waals surface area contributed by atoms with E-state index in [0.717, 1.165) is 4.31 Å². The average molecular weight is 425 g/mol. The number of fused-ring (bicyclic) bond motifs is 1. The molecule has 0 atom stereocenters. The molecule has 1 heterocycles. The summed E-state index contributed by atoms with van der Waals surface area (Å²) in [4.78, 5) is 12.9. The van der Waals surface area contributed by atoms with Gasteiger partial charge in [-0.3, -0.25) is 9.10 Å². The van der Waals surface area contributed by atoms with E-state index >= 15 is 0 Å². The van der Waals surface area contributed by atoms with Crippen LogP contribution in [0.3, 0.4) is 0 Å². The second-order valence-corrected chi connectivity index (χ2v) is 11.1. The highest BCUT2D eigenvalue weighted by molar-refractivity contribution is 7.97. The number of methoxy groups -OCH3 is 2. The third kappa shape index (κ3) is 4.52. The SMILES string of the molecule is COc1cc2c(cc1OC)N(C)S(=O)(=O)C(C(=O)NC(C)(C)CC(C)(C)C)=C2C. The van der Waals surface area contributed by atoms with E-state index < -0.39 is 21.5 Å². The topological polar surface area (TPSA) is 84.9 Å². The van der Waals surface area contributed by atoms with E-state index in [4.69, 9.17) is 9.47 Å². The first-order valence-corrected chi connectivity index (χ1v) is 10.9. The van der Waals surface area contributed by atoms with Crippen molar-refractivity contribution in [3.63, 3.8) is 0 Å². The van der Waals surface area contributed by atoms with Crippen molar-refractivity contribution in [2.24, 2.45) is 5.41 Å². The molecule has 0 saturated carbocycles. The van der Waals surface area contributed by atoms with Gasteiger partial charge in [-0.25, -0.2) is 8.42 Å². The maximum atomic E-state index is 13.2. The summed E-state index contributed by atoms with van der Waals surface area (Å²) in [6.07, 6.45) is 0.690. The van der Waals surface area contributed by atoms with Crippen LogP contribution in [0.15, 0.2) is 17.0 Å². The Morgan fingerprint density at radius 2 is 1.59 bits per heavy atom. The van der Waals surface area contributed by atoms with E-state index in [9.17, 15) is 13.2 Å². The van der Waals surface area contributed by atoms with Crippen LogP contribution in [0.1, 0.15) is 53.5 Å². The minimum Gasteiger partial charge on any atom is -0.493 e. The number of carbonyl (C=O) groups is 1. The van der Waals surface area contributed by atoms with Gasteiger partial charge in [-0.2, -0.15) is 0 Å². The smallest absolute Gasteiger partial charge is 0.269 e. The Labute approximate surface area is 174 Å². The summed E-state index contributed by atoms with van der Waals surface area (Å²) < 4.78 is 38.1. The average Bonchev–Trinajstić information content (AvgIpc) is 2.55. The molecule has 8 heteroatoms. The van der Waals surface area contributed by atoms with Crippen LogP contribution in [0.25, 0.3) is 5.57 Å². The third-order valence-corrected chi connectivity index (χ3v) is 6.76. The van der Waals surface area contributed by atoms with Crippen LogP contribution in [-0.4, -0.2) is 41.1 Å². The Bertz CT molecular complexity index is 956. The van der Waals surface area contributed by atoms with Crippen LogP contribution < -0.4 is 19.1 Å². The molecular formula is C21H32N2O5S. The first kappa shape index (κ1) is 23.1. The number of anilines is 1. The van der Waals surface area contributed by atoms with Gasteiger partial charge in [-0.1, -0.05) is 20.8 Å². The lowest BCUT2D eigenvalue weighted by Crippen LogP contribution is -2.49. The van der Waals surface area contributed by atoms with E-state index in [2.05, 4.69) is 26.1 Å². The van der Waals surface area contributed by atoms with Crippen molar-refractivity contribution in [3.8, 4) is 11.5 Å². The first-order chi connectivity index (χ1) is 13.1. The van der Waals surface area contributed by atoms with Crippen LogP contribution in [0.2, 0.25) is 0 Å². The molecule has 7 nitrogen and oxygen atoms in total. The van der Waals surface area contributed by atoms with E-state index in [1.54, 1.807) is 19.1 Å². The molecule has 0 aliphatic carbocycles. The lowest BCUT2D eigenvalue weighted by molar-refractivity contribution is -0.118. The number of hydrogen-bond acceptors (Lipinski definition) is 5. The number of nitrogens with zero attached hydrogens (tertiary/aromatic N) is 1. The summed E-state index contributed by atoms with van der Waals surface area (Å²) in [5.74, 6) is 0.274. The predicted octanol–water partition coefficient (Wildman–Crippen LogP) is 3.55. The van der Waals surface area contributed by atoms with Crippen molar-refractivity contribution in [1.29, 1.82) is 0 Å². The molecular weight excluding hydrogens is 392 g/mol. The van der Waals surface area contributed by atoms with Gasteiger partial charge in [0.25, 0.3) is 15.9 Å². The van der Waals surface area contributed by atoms with Crippen molar-refractivity contribution >= 4 is 27.2 Å². The van der Waals surface area contributed by atoms with E-state index in [1.165, 1.54) is 21.3 Å². The minimum atomic E-state index is -4.02. The molecule has 0 fully saturated rings. The molecule has 1 amide bonds. The summed E-state index contributed by atoms with van der Waals surface area (Å²) in [5, 5.41) is 2.91. The fourth-order valence-corrected chi connectivity index (χ4v) is 5.50. The lowest BCUT2D eigenvalue weighted by Gasteiger charge is -2.35. The van der Waals surface area contributed by atoms with Crippen LogP contribution in [-0.2, 0) is 14.8 Å². The quantitative estimate of drug-likeness (QED) is 0.781. The van der Waals surface area contributed by atoms with Gasteiger partial charge >= 0.3 is 0 Å². The largest absolute Gasteiger partial charge is 0.493 e. The van der Waals surface area contributed by atoms with E-state index in [1.807, 2.05) is 13.8 Å². The Kier molecular flexibility index (Phi) is 6.01. The second kappa shape index (κ2) is 7.55. The number of hydrogen-bond donors (Lipinski definition) is 1. The van der Waals surface area contributed by atoms with Gasteiger partial charge < -0.3 is 14.8 Å². The van der Waals surface area contributed by atoms with Gasteiger partial charge in [0.15, 0.2) is 16.4 Å². The van der Waals surface area contributed by atoms with Gasteiger partial charge in [0.05, 0.1) is 19.9 Å². The van der Waals surface area contributed by atoms with Crippen molar-refractivity contribution < 1.29 is 22.7 Å². The maximum absolute atomic E-state index is 13.2. The zero-order chi connectivity index (χ0) is 22.4. The van der Waals surface area contributed by atoms with Gasteiger partial charge in [0.1, 0.15) is 0 Å². The first-order valence-electron chi connectivity index (χ1n) is 9.43. The number of allylic oxidation sites excluding steroid dienone is 1. The number of amides is 1. The number of benzene rings is 1. The molecule has 0 saturated heterocycles. The highest BCUT2D eigenvalue weighted by Crippen LogP contribution is 2.44. The van der Waals surface area contributed by atoms with Gasteiger partial charge in [0.2, 0.25) is 0 Å². The number of nitrogens with one attached hydrogen (secondary N) is 1. The zero-order valence-electron chi connectivity index (χ0n) is 18.8. The minimum absolute atomic E-state index is 0.0288. The van der Waals surface area contributed by atoms with Crippen LogP contribution in [0.4, 0.5) is 5.69 Å². The van der Waals surface area contributed by atoms with Crippen LogP contribution in [0, 0.1) is 5.41 Å². The molecule has 0 aromatic heterocycles.